The van der Waals surface area contributed by atoms with Gasteiger partial charge in [0.05, 0.1) is 5.39 Å². The lowest BCUT2D eigenvalue weighted by Crippen LogP contribution is -2.30. The molecule has 1 aromatic carbocycles. The average Bonchev–Trinajstić information content (AvgIpc) is 3.33. The summed E-state index contributed by atoms with van der Waals surface area (Å²) in [5, 5.41) is 1.11. The van der Waals surface area contributed by atoms with Crippen LogP contribution < -0.4 is 9.21 Å². The zero-order valence-electron chi connectivity index (χ0n) is 20.5. The number of aromatic amines is 1. The van der Waals surface area contributed by atoms with E-state index in [0.717, 1.165) is 72.8 Å². The van der Waals surface area contributed by atoms with Crippen LogP contribution in [0.3, 0.4) is 0 Å². The largest absolute Gasteiger partial charge is 0.375 e. The van der Waals surface area contributed by atoms with Crippen molar-refractivity contribution in [3.05, 3.63) is 61.6 Å². The highest BCUT2D eigenvalue weighted by molar-refractivity contribution is 7.99. The molecule has 0 amide bonds. The summed E-state index contributed by atoms with van der Waals surface area (Å²) >= 11 is 1.77. The van der Waals surface area contributed by atoms with Gasteiger partial charge in [0.15, 0.2) is 0 Å². The maximum Gasteiger partial charge on any atom is 0.143 e. The van der Waals surface area contributed by atoms with E-state index in [0.29, 0.717) is 0 Å². The molecule has 1 fully saturated rings. The lowest BCUT2D eigenvalue weighted by molar-refractivity contribution is 0.417. The third-order valence-electron chi connectivity index (χ3n) is 6.58. The summed E-state index contributed by atoms with van der Waals surface area (Å²) < 4.78 is 2.36. The van der Waals surface area contributed by atoms with Crippen molar-refractivity contribution in [3.63, 3.8) is 0 Å². The van der Waals surface area contributed by atoms with Crippen molar-refractivity contribution >= 4 is 34.5 Å². The Balaban J connectivity index is 1.42. The highest BCUT2D eigenvalue weighted by atomic mass is 32.2. The van der Waals surface area contributed by atoms with E-state index >= 15 is 0 Å². The molecule has 0 radical (unpaired) electrons. The standard InChI is InChI=1S/C27H36N6S/c1-5-21(2)31(3)15-9-10-18-33(34-4)23-13-11-22(12-14-23)25-19-24-26(30-25)28-20-29-27(24)32-16-7-6-8-17-32/h5,11-14,19-20H,1-2,6-10,15-18H2,3-4H3,(H,28,29,30). The Labute approximate surface area is 207 Å². The van der Waals surface area contributed by atoms with Crippen LogP contribution in [0.4, 0.5) is 11.5 Å². The molecule has 1 aliphatic heterocycles. The summed E-state index contributed by atoms with van der Waals surface area (Å²) in [4.78, 5) is 17.2. The highest BCUT2D eigenvalue weighted by Gasteiger charge is 2.17. The van der Waals surface area contributed by atoms with Gasteiger partial charge < -0.3 is 19.1 Å². The first kappa shape index (κ1) is 24.2. The number of likely N-dealkylation sites (N-methyl/N-ethyl adjacent to an activating group) is 1. The predicted octanol–water partition coefficient (Wildman–Crippen LogP) is 6.11. The molecule has 180 valence electrons. The SMILES string of the molecule is C=CC(=C)N(C)CCCCN(SC)c1ccc(-c2cc3c(N4CCCCC4)ncnc3[nH]2)cc1. The third kappa shape index (κ3) is 5.58. The van der Waals surface area contributed by atoms with Gasteiger partial charge in [-0.05, 0) is 61.9 Å². The Bertz CT molecular complexity index is 1100. The number of hydrogen-bond donors (Lipinski definition) is 1. The van der Waals surface area contributed by atoms with E-state index in [4.69, 9.17) is 0 Å². The summed E-state index contributed by atoms with van der Waals surface area (Å²) in [7, 11) is 2.07. The first-order valence-corrected chi connectivity index (χ1v) is 13.3. The van der Waals surface area contributed by atoms with Crippen LogP contribution in [0.1, 0.15) is 32.1 Å². The van der Waals surface area contributed by atoms with Gasteiger partial charge in [0.1, 0.15) is 17.8 Å². The molecule has 0 atom stereocenters. The van der Waals surface area contributed by atoms with Gasteiger partial charge in [-0.1, -0.05) is 37.2 Å². The second-order valence-corrected chi connectivity index (χ2v) is 9.65. The van der Waals surface area contributed by atoms with E-state index < -0.39 is 0 Å². The average molecular weight is 477 g/mol. The molecule has 7 heteroatoms. The fourth-order valence-electron chi connectivity index (χ4n) is 4.48. The van der Waals surface area contributed by atoms with Crippen LogP contribution in [0.15, 0.2) is 61.6 Å². The van der Waals surface area contributed by atoms with E-state index in [9.17, 15) is 0 Å². The molecule has 34 heavy (non-hydrogen) atoms. The highest BCUT2D eigenvalue weighted by Crippen LogP contribution is 2.31. The van der Waals surface area contributed by atoms with Crippen molar-refractivity contribution in [2.75, 3.05) is 48.7 Å². The minimum atomic E-state index is 0.907. The Morgan fingerprint density at radius 1 is 1.12 bits per heavy atom. The Morgan fingerprint density at radius 2 is 1.85 bits per heavy atom. The number of H-pyrrole nitrogens is 1. The van der Waals surface area contributed by atoms with E-state index in [1.54, 1.807) is 18.3 Å². The lowest BCUT2D eigenvalue weighted by atomic mass is 10.1. The number of allylic oxidation sites excluding steroid dienone is 1. The number of nitrogens with zero attached hydrogens (tertiary/aromatic N) is 5. The van der Waals surface area contributed by atoms with Crippen molar-refractivity contribution in [1.82, 2.24) is 19.9 Å². The van der Waals surface area contributed by atoms with Gasteiger partial charge in [-0.2, -0.15) is 0 Å². The van der Waals surface area contributed by atoms with Gasteiger partial charge >= 0.3 is 0 Å². The van der Waals surface area contributed by atoms with Crippen molar-refractivity contribution in [2.45, 2.75) is 32.1 Å². The minimum absolute atomic E-state index is 0.907. The van der Waals surface area contributed by atoms with Crippen molar-refractivity contribution in [2.24, 2.45) is 0 Å². The van der Waals surface area contributed by atoms with E-state index in [-0.39, 0.29) is 0 Å². The second kappa shape index (κ2) is 11.5. The monoisotopic (exact) mass is 476 g/mol. The van der Waals surface area contributed by atoms with Crippen LogP contribution in [0, 0.1) is 0 Å². The summed E-state index contributed by atoms with van der Waals surface area (Å²) in [6.45, 7) is 12.0. The number of benzene rings is 1. The number of rotatable bonds is 11. The van der Waals surface area contributed by atoms with Crippen LogP contribution in [0.2, 0.25) is 0 Å². The van der Waals surface area contributed by atoms with Crippen LogP contribution in [0.25, 0.3) is 22.3 Å². The molecule has 0 spiro atoms. The van der Waals surface area contributed by atoms with Crippen LogP contribution >= 0.6 is 11.9 Å². The molecule has 1 aliphatic rings. The molecule has 3 heterocycles. The van der Waals surface area contributed by atoms with Crippen LogP contribution in [-0.2, 0) is 0 Å². The van der Waals surface area contributed by atoms with Crippen LogP contribution in [-0.4, -0.2) is 59.3 Å². The van der Waals surface area contributed by atoms with Gasteiger partial charge in [-0.25, -0.2) is 9.97 Å². The smallest absolute Gasteiger partial charge is 0.143 e. The number of piperidine rings is 1. The quantitative estimate of drug-likeness (QED) is 0.205. The van der Waals surface area contributed by atoms with Crippen molar-refractivity contribution in [1.29, 1.82) is 0 Å². The molecular formula is C27H36N6S. The summed E-state index contributed by atoms with van der Waals surface area (Å²) in [6.07, 6.45) is 11.6. The van der Waals surface area contributed by atoms with E-state index in [1.165, 1.54) is 24.9 Å². The summed E-state index contributed by atoms with van der Waals surface area (Å²) in [6, 6.07) is 11.0. The van der Waals surface area contributed by atoms with Gasteiger partial charge in [-0.15, -0.1) is 0 Å². The first-order valence-electron chi connectivity index (χ1n) is 12.1. The van der Waals surface area contributed by atoms with Crippen molar-refractivity contribution < 1.29 is 0 Å². The van der Waals surface area contributed by atoms with Gasteiger partial charge in [0.25, 0.3) is 0 Å². The molecule has 6 nitrogen and oxygen atoms in total. The molecule has 4 rings (SSSR count). The first-order chi connectivity index (χ1) is 16.6. The third-order valence-corrected chi connectivity index (χ3v) is 7.41. The maximum atomic E-state index is 4.62. The van der Waals surface area contributed by atoms with Gasteiger partial charge in [0.2, 0.25) is 0 Å². The molecule has 0 bridgehead atoms. The predicted molar refractivity (Wildman–Crippen MR) is 147 cm³/mol. The molecule has 1 saturated heterocycles. The molecular weight excluding hydrogens is 440 g/mol. The topological polar surface area (TPSA) is 51.3 Å². The van der Waals surface area contributed by atoms with Crippen LogP contribution in [0.5, 0.6) is 0 Å². The van der Waals surface area contributed by atoms with Gasteiger partial charge in [0, 0.05) is 56.6 Å². The van der Waals surface area contributed by atoms with Crippen molar-refractivity contribution in [3.8, 4) is 11.3 Å². The second-order valence-electron chi connectivity index (χ2n) is 8.85. The Morgan fingerprint density at radius 3 is 2.56 bits per heavy atom. The molecule has 0 aliphatic carbocycles. The number of fused-ring (bicyclic) bond motifs is 1. The molecule has 0 unspecified atom stereocenters. The van der Waals surface area contributed by atoms with Gasteiger partial charge in [-0.3, -0.25) is 0 Å². The zero-order chi connectivity index (χ0) is 23.9. The fraction of sp³-hybridized carbons (Fsp3) is 0.407. The van der Waals surface area contributed by atoms with E-state index in [1.807, 2.05) is 6.08 Å². The number of hydrogen-bond acceptors (Lipinski definition) is 6. The number of nitrogens with one attached hydrogen (secondary N) is 1. The zero-order valence-corrected chi connectivity index (χ0v) is 21.3. The number of anilines is 2. The normalized spacial score (nSPS) is 13.8. The maximum absolute atomic E-state index is 4.62. The molecule has 1 N–H and O–H groups in total. The molecule has 0 saturated carbocycles. The number of unbranched alkanes of at least 4 members (excludes halogenated alkanes) is 1. The minimum Gasteiger partial charge on any atom is -0.375 e. The Hall–Kier alpha value is -2.93. The molecule has 3 aromatic rings. The number of aromatic nitrogens is 3. The summed E-state index contributed by atoms with van der Waals surface area (Å²) in [5.74, 6) is 1.06. The summed E-state index contributed by atoms with van der Waals surface area (Å²) in [5.41, 5.74) is 5.36. The van der Waals surface area contributed by atoms with E-state index in [2.05, 4.69) is 85.9 Å². The fourth-order valence-corrected chi connectivity index (χ4v) is 5.12. The Kier molecular flexibility index (Phi) is 8.16. The lowest BCUT2D eigenvalue weighted by Gasteiger charge is -2.27. The molecule has 2 aromatic heterocycles.